The summed E-state index contributed by atoms with van der Waals surface area (Å²) in [7, 11) is 0. The molecule has 2 aromatic heterocycles. The lowest BCUT2D eigenvalue weighted by Crippen LogP contribution is -2.15. The van der Waals surface area contributed by atoms with Gasteiger partial charge in [0.05, 0.1) is 0 Å². The Labute approximate surface area is 94.1 Å². The van der Waals surface area contributed by atoms with Gasteiger partial charge >= 0.3 is 0 Å². The van der Waals surface area contributed by atoms with Gasteiger partial charge in [-0.15, -0.1) is 5.10 Å². The molecule has 16 heavy (non-hydrogen) atoms. The van der Waals surface area contributed by atoms with Crippen molar-refractivity contribution in [3.63, 3.8) is 0 Å². The van der Waals surface area contributed by atoms with Crippen molar-refractivity contribution < 1.29 is 0 Å². The Bertz CT molecular complexity index is 477. The van der Waals surface area contributed by atoms with Gasteiger partial charge in [-0.1, -0.05) is 12.1 Å². The topological polar surface area (TPSA) is 68.5 Å². The molecule has 2 aromatic rings. The fourth-order valence-electron chi connectivity index (χ4n) is 1.45. The van der Waals surface area contributed by atoms with Gasteiger partial charge in [0.2, 0.25) is 0 Å². The quantitative estimate of drug-likeness (QED) is 0.844. The maximum absolute atomic E-state index is 4.20. The molecule has 2 heterocycles. The third-order valence-corrected chi connectivity index (χ3v) is 2.60. The van der Waals surface area contributed by atoms with Gasteiger partial charge in [0.1, 0.15) is 6.33 Å². The number of aryl methyl sites for hydroxylation is 1. The highest BCUT2D eigenvalue weighted by Gasteiger charge is 2.11. The minimum atomic E-state index is 0.366. The second kappa shape index (κ2) is 4.42. The Morgan fingerprint density at radius 3 is 2.88 bits per heavy atom. The van der Waals surface area contributed by atoms with Gasteiger partial charge in [0, 0.05) is 12.6 Å². The summed E-state index contributed by atoms with van der Waals surface area (Å²) in [6.45, 7) is 7.01. The van der Waals surface area contributed by atoms with E-state index in [1.165, 1.54) is 0 Å². The van der Waals surface area contributed by atoms with Crippen LogP contribution in [0, 0.1) is 0 Å². The van der Waals surface area contributed by atoms with Crippen molar-refractivity contribution >= 4 is 17.0 Å². The summed E-state index contributed by atoms with van der Waals surface area (Å²) < 4.78 is 1.76. The van der Waals surface area contributed by atoms with E-state index in [9.17, 15) is 0 Å². The Hall–Kier alpha value is -1.72. The number of hydrogen-bond donors (Lipinski definition) is 1. The second-order valence-electron chi connectivity index (χ2n) is 3.75. The molecule has 0 fully saturated rings. The number of fused-ring (bicyclic) bond motifs is 1. The Morgan fingerprint density at radius 1 is 1.38 bits per heavy atom. The van der Waals surface area contributed by atoms with E-state index in [1.54, 1.807) is 11.0 Å². The molecule has 0 saturated carbocycles. The van der Waals surface area contributed by atoms with Crippen LogP contribution in [-0.4, -0.2) is 31.0 Å². The van der Waals surface area contributed by atoms with E-state index in [2.05, 4.69) is 39.4 Å². The molecule has 0 aliphatic rings. The molecule has 0 radical (unpaired) electrons. The van der Waals surface area contributed by atoms with Crippen LogP contribution >= 0.6 is 0 Å². The number of anilines is 1. The zero-order valence-corrected chi connectivity index (χ0v) is 9.80. The zero-order chi connectivity index (χ0) is 11.5. The molecule has 1 N–H and O–H groups in total. The van der Waals surface area contributed by atoms with Gasteiger partial charge in [-0.2, -0.15) is 0 Å². The molecule has 6 heteroatoms. The summed E-state index contributed by atoms with van der Waals surface area (Å²) in [5, 5.41) is 11.4. The molecule has 0 aromatic carbocycles. The summed E-state index contributed by atoms with van der Waals surface area (Å²) >= 11 is 0. The lowest BCUT2D eigenvalue weighted by molar-refractivity contribution is 0.641. The largest absolute Gasteiger partial charge is 0.366 e. The Balaban J connectivity index is 2.42. The average molecular weight is 220 g/mol. The Kier molecular flexibility index (Phi) is 2.98. The molecule has 0 amide bonds. The van der Waals surface area contributed by atoms with Crippen LogP contribution < -0.4 is 5.32 Å². The number of rotatable bonds is 4. The summed E-state index contributed by atoms with van der Waals surface area (Å²) in [5.74, 6) is 0.763. The van der Waals surface area contributed by atoms with Gasteiger partial charge < -0.3 is 5.32 Å². The van der Waals surface area contributed by atoms with Crippen molar-refractivity contribution in [1.82, 2.24) is 25.0 Å². The molecule has 6 nitrogen and oxygen atoms in total. The zero-order valence-electron chi connectivity index (χ0n) is 9.80. The fourth-order valence-corrected chi connectivity index (χ4v) is 1.45. The van der Waals surface area contributed by atoms with Gasteiger partial charge in [0.15, 0.2) is 17.0 Å². The van der Waals surface area contributed by atoms with Gasteiger partial charge in [-0.25, -0.2) is 14.6 Å². The molecular weight excluding hydrogens is 204 g/mol. The van der Waals surface area contributed by atoms with Crippen molar-refractivity contribution in [3.8, 4) is 0 Å². The third kappa shape index (κ3) is 1.82. The van der Waals surface area contributed by atoms with Crippen molar-refractivity contribution in [3.05, 3.63) is 6.33 Å². The monoisotopic (exact) mass is 220 g/mol. The van der Waals surface area contributed by atoms with Gasteiger partial charge in [0.25, 0.3) is 0 Å². The van der Waals surface area contributed by atoms with Crippen LogP contribution in [0.1, 0.15) is 27.2 Å². The van der Waals surface area contributed by atoms with Crippen molar-refractivity contribution in [2.45, 2.75) is 39.8 Å². The summed E-state index contributed by atoms with van der Waals surface area (Å²) in [4.78, 5) is 8.40. The number of nitrogens with one attached hydrogen (secondary N) is 1. The molecule has 2 rings (SSSR count). The predicted molar refractivity (Wildman–Crippen MR) is 62.2 cm³/mol. The molecule has 0 aliphatic heterocycles. The van der Waals surface area contributed by atoms with Crippen LogP contribution in [0.2, 0.25) is 0 Å². The lowest BCUT2D eigenvalue weighted by Gasteiger charge is -2.11. The van der Waals surface area contributed by atoms with E-state index in [4.69, 9.17) is 0 Å². The molecular formula is C10H16N6. The molecule has 0 unspecified atom stereocenters. The minimum Gasteiger partial charge on any atom is -0.366 e. The van der Waals surface area contributed by atoms with E-state index in [0.29, 0.717) is 6.04 Å². The van der Waals surface area contributed by atoms with E-state index in [-0.39, 0.29) is 0 Å². The predicted octanol–water partition coefficient (Wildman–Crippen LogP) is 1.45. The first-order chi connectivity index (χ1) is 7.76. The number of hydrogen-bond acceptors (Lipinski definition) is 5. The number of aromatic nitrogens is 5. The van der Waals surface area contributed by atoms with Crippen molar-refractivity contribution in [2.75, 3.05) is 5.32 Å². The second-order valence-corrected chi connectivity index (χ2v) is 3.75. The highest BCUT2D eigenvalue weighted by atomic mass is 15.4. The van der Waals surface area contributed by atoms with Crippen LogP contribution in [0.4, 0.5) is 5.82 Å². The molecule has 0 aliphatic carbocycles. The lowest BCUT2D eigenvalue weighted by atomic mass is 10.2. The van der Waals surface area contributed by atoms with Gasteiger partial charge in [-0.3, -0.25) is 0 Å². The minimum absolute atomic E-state index is 0.366. The first kappa shape index (κ1) is 10.8. The first-order valence-electron chi connectivity index (χ1n) is 5.57. The normalized spacial score (nSPS) is 12.9. The maximum Gasteiger partial charge on any atom is 0.183 e. The number of nitrogens with zero attached hydrogens (tertiary/aromatic N) is 5. The smallest absolute Gasteiger partial charge is 0.183 e. The van der Waals surface area contributed by atoms with Crippen LogP contribution in [-0.2, 0) is 6.54 Å². The molecule has 0 bridgehead atoms. The van der Waals surface area contributed by atoms with Crippen molar-refractivity contribution in [2.24, 2.45) is 0 Å². The highest BCUT2D eigenvalue weighted by molar-refractivity contribution is 5.81. The van der Waals surface area contributed by atoms with E-state index < -0.39 is 0 Å². The van der Waals surface area contributed by atoms with Gasteiger partial charge in [-0.05, 0) is 20.3 Å². The summed E-state index contributed by atoms with van der Waals surface area (Å²) in [5.41, 5.74) is 1.52. The van der Waals surface area contributed by atoms with Crippen LogP contribution in [0.5, 0.6) is 0 Å². The first-order valence-corrected chi connectivity index (χ1v) is 5.57. The molecule has 0 saturated heterocycles. The maximum atomic E-state index is 4.20. The Morgan fingerprint density at radius 2 is 2.19 bits per heavy atom. The standard InChI is InChI=1S/C10H16N6/c1-4-7(3)13-9-8-10(12-6-11-9)16(5-2)15-14-8/h6-7H,4-5H2,1-3H3,(H,11,12,13)/t7-/m0/s1. The van der Waals surface area contributed by atoms with Crippen molar-refractivity contribution in [1.29, 1.82) is 0 Å². The van der Waals surface area contributed by atoms with Crippen LogP contribution in [0.25, 0.3) is 11.2 Å². The summed E-state index contributed by atoms with van der Waals surface area (Å²) in [6.07, 6.45) is 2.58. The summed E-state index contributed by atoms with van der Waals surface area (Å²) in [6, 6.07) is 0.366. The van der Waals surface area contributed by atoms with E-state index in [0.717, 1.165) is 29.9 Å². The SMILES string of the molecule is CC[C@H](C)Nc1ncnc2c1nnn2CC. The average Bonchev–Trinajstić information content (AvgIpc) is 2.73. The highest BCUT2D eigenvalue weighted by Crippen LogP contribution is 2.16. The van der Waals surface area contributed by atoms with Crippen LogP contribution in [0.3, 0.4) is 0 Å². The van der Waals surface area contributed by atoms with E-state index in [1.807, 2.05) is 6.92 Å². The van der Waals surface area contributed by atoms with E-state index >= 15 is 0 Å². The molecule has 86 valence electrons. The third-order valence-electron chi connectivity index (χ3n) is 2.60. The van der Waals surface area contributed by atoms with Crippen LogP contribution in [0.15, 0.2) is 6.33 Å². The molecule has 0 spiro atoms. The fraction of sp³-hybridized carbons (Fsp3) is 0.600. The molecule has 1 atom stereocenters.